The quantitative estimate of drug-likeness (QED) is 0.292. The van der Waals surface area contributed by atoms with Gasteiger partial charge in [0.25, 0.3) is 0 Å². The van der Waals surface area contributed by atoms with Crippen molar-refractivity contribution >= 4 is 23.4 Å². The van der Waals surface area contributed by atoms with E-state index in [2.05, 4.69) is 23.1 Å². The average molecular weight is 616 g/mol. The van der Waals surface area contributed by atoms with Crippen LogP contribution in [0.5, 0.6) is 5.75 Å². The van der Waals surface area contributed by atoms with E-state index in [1.165, 1.54) is 6.07 Å². The molecule has 5 unspecified atom stereocenters. The van der Waals surface area contributed by atoms with E-state index in [4.69, 9.17) is 25.8 Å². The number of hydrogen-bond donors (Lipinski definition) is 1. The molecule has 6 rings (SSSR count). The second-order valence-corrected chi connectivity index (χ2v) is 12.9. The Morgan fingerprint density at radius 2 is 1.81 bits per heavy atom. The summed E-state index contributed by atoms with van der Waals surface area (Å²) in [4.78, 5) is 2.34. The number of thioether (sulfide) groups is 1. The SMILES string of the molecule is CSC1CC(O)CC(c2ccc(Cl)c(Cc3ccc(OC4CN(C5CCC(c6cc(F)ccc6F)OC5)C4)cc3)c2)O1. The third-order valence-electron chi connectivity index (χ3n) is 8.54. The summed E-state index contributed by atoms with van der Waals surface area (Å²) in [6.45, 7) is 2.12. The summed E-state index contributed by atoms with van der Waals surface area (Å²) >= 11 is 8.19. The molecule has 0 aromatic heterocycles. The van der Waals surface area contributed by atoms with Gasteiger partial charge in [-0.1, -0.05) is 35.9 Å². The zero-order valence-corrected chi connectivity index (χ0v) is 25.1. The molecule has 1 N–H and O–H groups in total. The van der Waals surface area contributed by atoms with Crippen molar-refractivity contribution < 1.29 is 28.1 Å². The van der Waals surface area contributed by atoms with Gasteiger partial charge in [0.2, 0.25) is 0 Å². The lowest BCUT2D eigenvalue weighted by molar-refractivity contribution is -0.0839. The Kier molecular flexibility index (Phi) is 9.38. The van der Waals surface area contributed by atoms with Crippen molar-refractivity contribution in [1.82, 2.24) is 4.90 Å². The summed E-state index contributed by atoms with van der Waals surface area (Å²) in [7, 11) is 0. The lowest BCUT2D eigenvalue weighted by atomic mass is 9.95. The van der Waals surface area contributed by atoms with Crippen LogP contribution in [-0.4, -0.2) is 59.6 Å². The fourth-order valence-electron chi connectivity index (χ4n) is 6.13. The lowest BCUT2D eigenvalue weighted by Crippen LogP contribution is -2.59. The van der Waals surface area contributed by atoms with Crippen LogP contribution in [0.2, 0.25) is 5.02 Å². The summed E-state index contributed by atoms with van der Waals surface area (Å²) in [6.07, 6.45) is 4.67. The molecule has 3 saturated heterocycles. The van der Waals surface area contributed by atoms with Gasteiger partial charge >= 0.3 is 0 Å². The lowest BCUT2D eigenvalue weighted by Gasteiger charge is -2.46. The van der Waals surface area contributed by atoms with Crippen LogP contribution in [0.1, 0.15) is 60.1 Å². The number of halogens is 3. The Morgan fingerprint density at radius 1 is 1.00 bits per heavy atom. The van der Waals surface area contributed by atoms with Crippen molar-refractivity contribution in [2.24, 2.45) is 0 Å². The number of rotatable bonds is 8. The number of ether oxygens (including phenoxy) is 3. The third kappa shape index (κ3) is 6.95. The van der Waals surface area contributed by atoms with Gasteiger partial charge in [-0.15, -0.1) is 11.8 Å². The Morgan fingerprint density at radius 3 is 2.55 bits per heavy atom. The van der Waals surface area contributed by atoms with Crippen molar-refractivity contribution in [2.75, 3.05) is 26.0 Å². The standard InChI is InChI=1S/C33H36ClF2NO4S/c1-42-33-16-25(38)15-32(41-33)21-4-9-29(34)22(13-21)12-20-2-7-26(8-3-20)40-27-17-37(18-27)24-6-11-31(39-19-24)28-14-23(35)5-10-30(28)36/h2-5,7-10,13-14,24-25,27,31-33,38H,6,11-12,15-19H2,1H3. The maximum atomic E-state index is 14.1. The number of aliphatic hydroxyl groups excluding tert-OH is 1. The Hall–Kier alpha value is -2.20. The van der Waals surface area contributed by atoms with Crippen molar-refractivity contribution in [1.29, 1.82) is 0 Å². The van der Waals surface area contributed by atoms with E-state index in [9.17, 15) is 13.9 Å². The molecule has 0 bridgehead atoms. The van der Waals surface area contributed by atoms with Crippen LogP contribution >= 0.6 is 23.4 Å². The molecule has 0 saturated carbocycles. The highest BCUT2D eigenvalue weighted by Crippen LogP contribution is 2.37. The first-order valence-electron chi connectivity index (χ1n) is 14.6. The summed E-state index contributed by atoms with van der Waals surface area (Å²) in [5.41, 5.74) is 3.50. The van der Waals surface area contributed by atoms with Crippen molar-refractivity contribution in [2.45, 2.75) is 68.0 Å². The van der Waals surface area contributed by atoms with E-state index in [-0.39, 0.29) is 29.8 Å². The maximum absolute atomic E-state index is 14.1. The van der Waals surface area contributed by atoms with Gasteiger partial charge < -0.3 is 19.3 Å². The Labute approximate surface area is 255 Å². The highest BCUT2D eigenvalue weighted by molar-refractivity contribution is 7.99. The Bertz CT molecular complexity index is 1360. The number of nitrogens with zero attached hydrogens (tertiary/aromatic N) is 1. The van der Waals surface area contributed by atoms with Gasteiger partial charge in [-0.3, -0.25) is 4.90 Å². The summed E-state index contributed by atoms with van der Waals surface area (Å²) in [5, 5.41) is 11.0. The van der Waals surface area contributed by atoms with E-state index in [1.54, 1.807) is 11.8 Å². The van der Waals surface area contributed by atoms with Gasteiger partial charge in [-0.05, 0) is 78.6 Å². The van der Waals surface area contributed by atoms with Crippen LogP contribution in [0.3, 0.4) is 0 Å². The first-order chi connectivity index (χ1) is 20.3. The highest BCUT2D eigenvalue weighted by Gasteiger charge is 2.37. The van der Waals surface area contributed by atoms with Crippen LogP contribution in [-0.2, 0) is 15.9 Å². The zero-order valence-electron chi connectivity index (χ0n) is 23.6. The molecular weight excluding hydrogens is 580 g/mol. The van der Waals surface area contributed by atoms with Crippen LogP contribution in [0.15, 0.2) is 60.7 Å². The third-order valence-corrected chi connectivity index (χ3v) is 9.74. The molecule has 9 heteroatoms. The van der Waals surface area contributed by atoms with Gasteiger partial charge in [0.15, 0.2) is 0 Å². The van der Waals surface area contributed by atoms with E-state index in [0.29, 0.717) is 42.9 Å². The topological polar surface area (TPSA) is 51.2 Å². The number of likely N-dealkylation sites (tertiary alicyclic amines) is 1. The predicted octanol–water partition coefficient (Wildman–Crippen LogP) is 7.09. The normalized spacial score (nSPS) is 27.0. The van der Waals surface area contributed by atoms with Crippen molar-refractivity contribution in [3.8, 4) is 5.75 Å². The second kappa shape index (κ2) is 13.2. The number of aliphatic hydroxyl groups is 1. The number of benzene rings is 3. The molecule has 42 heavy (non-hydrogen) atoms. The fraction of sp³-hybridized carbons (Fsp3) is 0.455. The van der Waals surface area contributed by atoms with Crippen LogP contribution in [0.4, 0.5) is 8.78 Å². The summed E-state index contributed by atoms with van der Waals surface area (Å²) in [6, 6.07) is 17.9. The molecule has 3 aromatic rings. The minimum Gasteiger partial charge on any atom is -0.488 e. The largest absolute Gasteiger partial charge is 0.488 e. The molecule has 0 amide bonds. The molecule has 3 aromatic carbocycles. The summed E-state index contributed by atoms with van der Waals surface area (Å²) in [5.74, 6) is -0.0295. The molecule has 0 spiro atoms. The van der Waals surface area contributed by atoms with Gasteiger partial charge in [0, 0.05) is 42.6 Å². The number of hydrogen-bond acceptors (Lipinski definition) is 6. The minimum absolute atomic E-state index is 0.00533. The van der Waals surface area contributed by atoms with E-state index >= 15 is 0 Å². The smallest absolute Gasteiger partial charge is 0.129 e. The minimum atomic E-state index is -0.443. The molecule has 3 aliphatic heterocycles. The van der Waals surface area contributed by atoms with Crippen molar-refractivity contribution in [3.63, 3.8) is 0 Å². The van der Waals surface area contributed by atoms with Gasteiger partial charge in [0.1, 0.15) is 28.9 Å². The molecule has 3 heterocycles. The van der Waals surface area contributed by atoms with E-state index in [0.717, 1.165) is 54.1 Å². The van der Waals surface area contributed by atoms with E-state index < -0.39 is 17.7 Å². The fourth-order valence-corrected chi connectivity index (χ4v) is 6.97. The van der Waals surface area contributed by atoms with Gasteiger partial charge in [-0.25, -0.2) is 8.78 Å². The molecule has 3 aliphatic rings. The molecular formula is C33H36ClF2NO4S. The first-order valence-corrected chi connectivity index (χ1v) is 16.2. The average Bonchev–Trinajstić information content (AvgIpc) is 2.98. The van der Waals surface area contributed by atoms with Crippen LogP contribution in [0.25, 0.3) is 0 Å². The van der Waals surface area contributed by atoms with Crippen LogP contribution in [0, 0.1) is 11.6 Å². The molecule has 0 radical (unpaired) electrons. The van der Waals surface area contributed by atoms with Crippen molar-refractivity contribution in [3.05, 3.63) is 99.6 Å². The molecule has 5 nitrogen and oxygen atoms in total. The summed E-state index contributed by atoms with van der Waals surface area (Å²) < 4.78 is 46.0. The molecule has 3 fully saturated rings. The predicted molar refractivity (Wildman–Crippen MR) is 161 cm³/mol. The highest BCUT2D eigenvalue weighted by atomic mass is 35.5. The zero-order chi connectivity index (χ0) is 29.2. The monoisotopic (exact) mass is 615 g/mol. The van der Waals surface area contributed by atoms with Gasteiger partial charge in [0.05, 0.1) is 24.9 Å². The molecule has 224 valence electrons. The maximum Gasteiger partial charge on any atom is 0.129 e. The second-order valence-electron chi connectivity index (χ2n) is 11.5. The van der Waals surface area contributed by atoms with Gasteiger partial charge in [-0.2, -0.15) is 0 Å². The Balaban J connectivity index is 0.982. The molecule has 5 atom stereocenters. The molecule has 0 aliphatic carbocycles. The van der Waals surface area contributed by atoms with E-state index in [1.807, 2.05) is 30.5 Å². The first kappa shape index (κ1) is 29.9. The van der Waals surface area contributed by atoms with Crippen LogP contribution < -0.4 is 4.74 Å².